The monoisotopic (exact) mass is 1100 g/mol. The van der Waals surface area contributed by atoms with Crippen LogP contribution in [0.1, 0.15) is 140 Å². The molecule has 0 aromatic heterocycles. The molecule has 4 heterocycles. The number of benzene rings is 3. The summed E-state index contributed by atoms with van der Waals surface area (Å²) in [4.78, 5) is 71.0. The topological polar surface area (TPSA) is 281 Å². The fourth-order valence-electron chi connectivity index (χ4n) is 9.31. The number of carbonyl (C=O) groups is 6. The number of allylic oxidation sites excluding steroid dienone is 6. The van der Waals surface area contributed by atoms with E-state index < -0.39 is 29.8 Å². The summed E-state index contributed by atoms with van der Waals surface area (Å²) in [6, 6.07) is 0. The lowest BCUT2D eigenvalue weighted by atomic mass is 9.94. The molecular formula is C57H71B2NO19. The number of esters is 4. The third-order valence-electron chi connectivity index (χ3n) is 13.9. The van der Waals surface area contributed by atoms with Gasteiger partial charge >= 0.3 is 35.8 Å². The average molecular weight is 1100 g/mol. The summed E-state index contributed by atoms with van der Waals surface area (Å²) in [5.41, 5.74) is 9.31. The molecule has 5 N–H and O–H groups in total. The van der Waals surface area contributed by atoms with Crippen LogP contribution in [0.25, 0.3) is 0 Å². The number of carboxylic acids is 2. The van der Waals surface area contributed by atoms with Crippen molar-refractivity contribution in [1.29, 1.82) is 0 Å². The van der Waals surface area contributed by atoms with Gasteiger partial charge in [0, 0.05) is 89.1 Å². The van der Waals surface area contributed by atoms with Gasteiger partial charge in [-0.05, 0) is 96.8 Å². The number of aliphatic carboxylic acids is 2. The van der Waals surface area contributed by atoms with Gasteiger partial charge in [-0.15, -0.1) is 0 Å². The van der Waals surface area contributed by atoms with Crippen molar-refractivity contribution < 1.29 is 92.2 Å². The van der Waals surface area contributed by atoms with Crippen LogP contribution in [0, 0.1) is 20.8 Å². The lowest BCUT2D eigenvalue weighted by Gasteiger charge is -2.26. The Kier molecular flexibility index (Phi) is 25.5. The summed E-state index contributed by atoms with van der Waals surface area (Å²) in [5.74, 6) is -2.22. The van der Waals surface area contributed by atoms with Crippen molar-refractivity contribution in [3.8, 4) is 34.5 Å². The molecule has 0 atom stereocenters. The first kappa shape index (κ1) is 65.8. The number of phenolic OH excluding ortho intramolecular Hbond substituents is 3. The SMILES string of the molecule is COc1c(C)c2c(c(O)c1C/C=C(\C)CCC(=O)O)C(=O)OC2.COc1c(C)c2c(c(O)c1C/C=C(\C)CCC(=O)O)C(=O)OC2.COc1c(C)c2c(c(O)c1C/C=C(\C)CCC(=O)OCCN1CCOCC1)C(=O)OC2.[B].[B]. The number of nitrogens with zero attached hydrogens (tertiary/aromatic N) is 1. The molecule has 0 bridgehead atoms. The Bertz CT molecular complexity index is 2730. The molecule has 0 saturated carbocycles. The number of ether oxygens (including phenoxy) is 8. The maximum Gasteiger partial charge on any atom is 0.342 e. The summed E-state index contributed by atoms with van der Waals surface area (Å²) in [7, 11) is 4.56. The van der Waals surface area contributed by atoms with Gasteiger partial charge in [-0.1, -0.05) is 34.9 Å². The van der Waals surface area contributed by atoms with Crippen LogP contribution in [0.3, 0.4) is 0 Å². The predicted molar refractivity (Wildman–Crippen MR) is 291 cm³/mol. The van der Waals surface area contributed by atoms with E-state index in [4.69, 9.17) is 48.1 Å². The van der Waals surface area contributed by atoms with Crippen LogP contribution in [-0.2, 0) is 77.2 Å². The predicted octanol–water partition coefficient (Wildman–Crippen LogP) is 7.23. The molecule has 1 saturated heterocycles. The van der Waals surface area contributed by atoms with E-state index in [1.807, 2.05) is 59.8 Å². The number of aromatic hydroxyl groups is 3. The van der Waals surface area contributed by atoms with Crippen LogP contribution in [-0.4, -0.2) is 144 Å². The van der Waals surface area contributed by atoms with E-state index in [1.54, 1.807) is 7.11 Å². The lowest BCUT2D eigenvalue weighted by molar-refractivity contribution is -0.144. The van der Waals surface area contributed by atoms with Gasteiger partial charge in [-0.25, -0.2) is 14.4 Å². The highest BCUT2D eigenvalue weighted by molar-refractivity contribution is 5.99. The molecule has 0 aliphatic carbocycles. The second kappa shape index (κ2) is 30.6. The van der Waals surface area contributed by atoms with Crippen LogP contribution in [0.5, 0.6) is 34.5 Å². The smallest absolute Gasteiger partial charge is 0.342 e. The number of morpholine rings is 1. The number of cyclic esters (lactones) is 3. The minimum Gasteiger partial charge on any atom is -0.507 e. The van der Waals surface area contributed by atoms with Crippen LogP contribution >= 0.6 is 0 Å². The van der Waals surface area contributed by atoms with Crippen LogP contribution in [0.15, 0.2) is 34.9 Å². The zero-order chi connectivity index (χ0) is 56.7. The van der Waals surface area contributed by atoms with Gasteiger partial charge in [0.25, 0.3) is 0 Å². The lowest BCUT2D eigenvalue weighted by Crippen LogP contribution is -2.38. The molecule has 4 aliphatic heterocycles. The van der Waals surface area contributed by atoms with E-state index in [0.29, 0.717) is 102 Å². The molecule has 79 heavy (non-hydrogen) atoms. The summed E-state index contributed by atoms with van der Waals surface area (Å²) >= 11 is 0. The molecule has 1 fully saturated rings. The summed E-state index contributed by atoms with van der Waals surface area (Å²) in [6.07, 6.45) is 8.54. The van der Waals surface area contributed by atoms with Crippen molar-refractivity contribution in [3.63, 3.8) is 0 Å². The Labute approximate surface area is 464 Å². The van der Waals surface area contributed by atoms with E-state index in [1.165, 1.54) is 14.2 Å². The maximum atomic E-state index is 12.0. The molecule has 3 aromatic rings. The van der Waals surface area contributed by atoms with E-state index in [2.05, 4.69) is 4.90 Å². The van der Waals surface area contributed by atoms with Gasteiger partial charge in [-0.2, -0.15) is 0 Å². The normalized spacial score (nSPS) is 14.5. The Morgan fingerprint density at radius 3 is 1.15 bits per heavy atom. The number of hydrogen-bond acceptors (Lipinski definition) is 18. The molecule has 0 amide bonds. The van der Waals surface area contributed by atoms with Gasteiger partial charge in [-0.3, -0.25) is 19.3 Å². The first-order valence-corrected chi connectivity index (χ1v) is 25.3. The number of phenols is 3. The van der Waals surface area contributed by atoms with Crippen LogP contribution in [0.4, 0.5) is 0 Å². The van der Waals surface area contributed by atoms with Crippen molar-refractivity contribution in [1.82, 2.24) is 4.90 Å². The van der Waals surface area contributed by atoms with Crippen molar-refractivity contribution in [2.24, 2.45) is 0 Å². The summed E-state index contributed by atoms with van der Waals surface area (Å²) in [6.45, 7) is 15.8. The zero-order valence-corrected chi connectivity index (χ0v) is 46.5. The van der Waals surface area contributed by atoms with E-state index >= 15 is 0 Å². The molecular weight excluding hydrogens is 1020 g/mol. The fraction of sp³-hybridized carbons (Fsp3) is 0.474. The van der Waals surface area contributed by atoms with Crippen LogP contribution < -0.4 is 14.2 Å². The molecule has 20 nitrogen and oxygen atoms in total. The average Bonchev–Trinajstić information content (AvgIpc) is 4.15. The fourth-order valence-corrected chi connectivity index (χ4v) is 9.31. The largest absolute Gasteiger partial charge is 0.507 e. The van der Waals surface area contributed by atoms with E-state index in [9.17, 15) is 44.1 Å². The van der Waals surface area contributed by atoms with Crippen molar-refractivity contribution in [2.75, 3.05) is 60.8 Å². The molecule has 22 heteroatoms. The van der Waals surface area contributed by atoms with Gasteiger partial charge in [0.15, 0.2) is 0 Å². The number of hydrogen-bond donors (Lipinski definition) is 5. The van der Waals surface area contributed by atoms with E-state index in [-0.39, 0.29) is 89.4 Å². The second-order valence-electron chi connectivity index (χ2n) is 19.0. The summed E-state index contributed by atoms with van der Waals surface area (Å²) < 4.78 is 42.0. The number of methoxy groups -OCH3 is 3. The van der Waals surface area contributed by atoms with Crippen LogP contribution in [0.2, 0.25) is 0 Å². The number of carboxylic acid groups (broad SMARTS) is 2. The third kappa shape index (κ3) is 16.5. The summed E-state index contributed by atoms with van der Waals surface area (Å²) in [5, 5.41) is 49.0. The maximum absolute atomic E-state index is 12.0. The molecule has 6 radical (unpaired) electrons. The number of rotatable bonds is 21. The molecule has 0 unspecified atom stereocenters. The Hall–Kier alpha value is -7.45. The standard InChI is InChI=1S/C23H31NO7.2C17H20O6.2B/c1-15(5-7-19(25)30-13-10-24-8-11-29-12-9-24)4-6-17-21(26)20-18(14-31-23(20)27)16(2)22(17)28-3;2*1-9(5-7-13(18)19)4-6-11-15(20)14-12(8-23-17(14)21)10(2)16(11)22-3;;/h4,26H,5-14H2,1-3H3;2*4,20H,5-8H2,1-3H3,(H,18,19);;/b15-4+;2*9-4+;;. The quantitative estimate of drug-likeness (QED) is 0.0304. The minimum atomic E-state index is -0.853. The molecule has 424 valence electrons. The Balaban J connectivity index is 0.000000313. The van der Waals surface area contributed by atoms with Gasteiger partial charge < -0.3 is 63.4 Å². The van der Waals surface area contributed by atoms with Crippen molar-refractivity contribution in [2.45, 2.75) is 119 Å². The van der Waals surface area contributed by atoms with Gasteiger partial charge in [0.2, 0.25) is 0 Å². The molecule has 4 aliphatic rings. The molecule has 0 spiro atoms. The third-order valence-corrected chi connectivity index (χ3v) is 13.9. The molecule has 7 rings (SSSR count). The van der Waals surface area contributed by atoms with Gasteiger partial charge in [0.1, 0.15) is 77.6 Å². The first-order valence-electron chi connectivity index (χ1n) is 25.3. The highest BCUT2D eigenvalue weighted by Gasteiger charge is 2.34. The zero-order valence-electron chi connectivity index (χ0n) is 46.5. The minimum absolute atomic E-state index is 0. The van der Waals surface area contributed by atoms with Crippen molar-refractivity contribution in [3.05, 3.63) is 102 Å². The van der Waals surface area contributed by atoms with Crippen molar-refractivity contribution >= 4 is 52.6 Å². The highest BCUT2D eigenvalue weighted by Crippen LogP contribution is 2.45. The Morgan fingerprint density at radius 2 is 0.848 bits per heavy atom. The molecule has 3 aromatic carbocycles. The Morgan fingerprint density at radius 1 is 0.532 bits per heavy atom. The highest BCUT2D eigenvalue weighted by atomic mass is 16.6. The van der Waals surface area contributed by atoms with Gasteiger partial charge in [0.05, 0.1) is 34.5 Å². The second-order valence-corrected chi connectivity index (χ2v) is 19.0. The van der Waals surface area contributed by atoms with E-state index in [0.717, 1.165) is 66.3 Å². The first-order chi connectivity index (χ1) is 36.6. The number of carbonyl (C=O) groups excluding carboxylic acids is 4. The number of fused-ring (bicyclic) bond motifs is 3.